The summed E-state index contributed by atoms with van der Waals surface area (Å²) in [6.45, 7) is 0.0296. The average Bonchev–Trinajstić information content (AvgIpc) is 3.37. The highest BCUT2D eigenvalue weighted by Gasteiger charge is 2.47. The monoisotopic (exact) mass is 500 g/mol. The molecular weight excluding hydrogens is 480 g/mol. The normalized spacial score (nSPS) is 20.8. The zero-order valence-corrected chi connectivity index (χ0v) is 19.1. The Morgan fingerprint density at radius 3 is 2.58 bits per heavy atom. The summed E-state index contributed by atoms with van der Waals surface area (Å²) in [5, 5.41) is 6.74. The van der Waals surface area contributed by atoms with Crippen LogP contribution in [0.4, 0.5) is 18.9 Å². The molecule has 6 nitrogen and oxygen atoms in total. The maximum absolute atomic E-state index is 13.9. The third-order valence-corrected chi connectivity index (χ3v) is 6.86. The number of carbonyl (C=O) groups excluding carboxylic acids is 2. The minimum Gasteiger partial charge on any atom is -0.380 e. The molecular formula is C22H21Cl2F3N4O2. The zero-order valence-electron chi connectivity index (χ0n) is 17.5. The molecule has 0 bridgehead atoms. The number of pyridine rings is 1. The number of fused-ring (bicyclic) bond motifs is 1. The van der Waals surface area contributed by atoms with Gasteiger partial charge in [0.2, 0.25) is 11.8 Å². The molecule has 1 aromatic carbocycles. The molecule has 1 aromatic heterocycles. The van der Waals surface area contributed by atoms with E-state index in [0.717, 1.165) is 18.2 Å². The first kappa shape index (κ1) is 23.6. The molecule has 11 heteroatoms. The number of nitrogens with zero attached hydrogens (tertiary/aromatic N) is 2. The molecule has 0 radical (unpaired) electrons. The summed E-state index contributed by atoms with van der Waals surface area (Å²) in [6, 6.07) is 4.21. The van der Waals surface area contributed by atoms with E-state index in [1.807, 2.05) is 6.07 Å². The lowest BCUT2D eigenvalue weighted by Crippen LogP contribution is -2.43. The largest absolute Gasteiger partial charge is 0.414 e. The predicted molar refractivity (Wildman–Crippen MR) is 118 cm³/mol. The number of halogens is 5. The third kappa shape index (κ3) is 4.89. The van der Waals surface area contributed by atoms with Crippen LogP contribution in [0.1, 0.15) is 29.3 Å². The summed E-state index contributed by atoms with van der Waals surface area (Å²) in [7, 11) is 1.09. The van der Waals surface area contributed by atoms with Gasteiger partial charge in [-0.15, -0.1) is 0 Å². The molecule has 2 amide bonds. The molecule has 1 aliphatic heterocycles. The summed E-state index contributed by atoms with van der Waals surface area (Å²) in [6.07, 6.45) is -2.20. The smallest absolute Gasteiger partial charge is 0.380 e. The molecule has 0 saturated carbocycles. The molecule has 3 atom stereocenters. The lowest BCUT2D eigenvalue weighted by molar-refractivity contribution is -0.191. The Morgan fingerprint density at radius 1 is 1.21 bits per heavy atom. The molecule has 33 heavy (non-hydrogen) atoms. The lowest BCUT2D eigenvalue weighted by Gasteiger charge is -2.31. The van der Waals surface area contributed by atoms with Crippen LogP contribution in [0.3, 0.4) is 0 Å². The topological polar surface area (TPSA) is 74.3 Å². The van der Waals surface area contributed by atoms with Crippen LogP contribution in [0.15, 0.2) is 30.5 Å². The Bertz CT molecular complexity index is 1080. The number of anilines is 1. The van der Waals surface area contributed by atoms with Gasteiger partial charge in [-0.25, -0.2) is 0 Å². The van der Waals surface area contributed by atoms with Gasteiger partial charge in [-0.05, 0) is 42.2 Å². The molecule has 0 spiro atoms. The van der Waals surface area contributed by atoms with Crippen LogP contribution in [0.25, 0.3) is 0 Å². The number of nitrogens with one attached hydrogen (secondary N) is 2. The average molecular weight is 501 g/mol. The number of rotatable bonds is 5. The van der Waals surface area contributed by atoms with Crippen molar-refractivity contribution in [1.29, 1.82) is 0 Å². The van der Waals surface area contributed by atoms with Crippen LogP contribution >= 0.6 is 23.2 Å². The van der Waals surface area contributed by atoms with E-state index in [2.05, 4.69) is 15.6 Å². The van der Waals surface area contributed by atoms with Crippen molar-refractivity contribution < 1.29 is 22.8 Å². The van der Waals surface area contributed by atoms with E-state index in [-0.39, 0.29) is 30.6 Å². The van der Waals surface area contributed by atoms with Crippen molar-refractivity contribution in [3.63, 3.8) is 0 Å². The quantitative estimate of drug-likeness (QED) is 0.646. The van der Waals surface area contributed by atoms with Crippen molar-refractivity contribution in [2.75, 3.05) is 18.9 Å². The minimum atomic E-state index is -4.73. The van der Waals surface area contributed by atoms with Crippen LogP contribution in [-0.2, 0) is 22.4 Å². The summed E-state index contributed by atoms with van der Waals surface area (Å²) in [5.41, 5.74) is 2.29. The van der Waals surface area contributed by atoms with Crippen molar-refractivity contribution in [3.05, 3.63) is 57.3 Å². The first-order valence-corrected chi connectivity index (χ1v) is 11.1. The van der Waals surface area contributed by atoms with Gasteiger partial charge in [0.25, 0.3) is 0 Å². The van der Waals surface area contributed by atoms with Crippen molar-refractivity contribution in [1.82, 2.24) is 15.2 Å². The van der Waals surface area contributed by atoms with Gasteiger partial charge in [-0.3, -0.25) is 14.6 Å². The molecule has 2 aliphatic rings. The Labute approximate surface area is 198 Å². The van der Waals surface area contributed by atoms with Crippen molar-refractivity contribution in [2.24, 2.45) is 5.92 Å². The summed E-state index contributed by atoms with van der Waals surface area (Å²) in [5.74, 6) is -1.92. The second kappa shape index (κ2) is 9.02. The van der Waals surface area contributed by atoms with Gasteiger partial charge >= 0.3 is 6.18 Å². The van der Waals surface area contributed by atoms with Gasteiger partial charge in [-0.2, -0.15) is 13.2 Å². The first-order valence-electron chi connectivity index (χ1n) is 10.3. The maximum Gasteiger partial charge on any atom is 0.414 e. The molecule has 1 fully saturated rings. The zero-order chi connectivity index (χ0) is 23.9. The Kier molecular flexibility index (Phi) is 6.46. The number of carbonyl (C=O) groups is 2. The van der Waals surface area contributed by atoms with Gasteiger partial charge < -0.3 is 15.5 Å². The van der Waals surface area contributed by atoms with Crippen molar-refractivity contribution >= 4 is 40.7 Å². The number of benzene rings is 1. The minimum absolute atomic E-state index is 0.00122. The van der Waals surface area contributed by atoms with Crippen LogP contribution in [-0.4, -0.2) is 47.5 Å². The molecule has 176 valence electrons. The molecule has 2 heterocycles. The highest BCUT2D eigenvalue weighted by atomic mass is 35.5. The molecule has 4 rings (SSSR count). The van der Waals surface area contributed by atoms with Gasteiger partial charge in [0.15, 0.2) is 6.04 Å². The van der Waals surface area contributed by atoms with Gasteiger partial charge in [0.05, 0.1) is 33.5 Å². The lowest BCUT2D eigenvalue weighted by atomic mass is 10.0. The van der Waals surface area contributed by atoms with Crippen LogP contribution in [0, 0.1) is 5.92 Å². The number of alkyl halides is 3. The Morgan fingerprint density at radius 2 is 1.97 bits per heavy atom. The second-order valence-corrected chi connectivity index (χ2v) is 9.10. The molecule has 2 N–H and O–H groups in total. The maximum atomic E-state index is 13.9. The Balaban J connectivity index is 1.47. The highest BCUT2D eigenvalue weighted by Crippen LogP contribution is 2.38. The first-order chi connectivity index (χ1) is 15.5. The van der Waals surface area contributed by atoms with E-state index in [9.17, 15) is 22.8 Å². The summed E-state index contributed by atoms with van der Waals surface area (Å²) in [4.78, 5) is 28.6. The highest BCUT2D eigenvalue weighted by molar-refractivity contribution is 6.42. The van der Waals surface area contributed by atoms with E-state index in [0.29, 0.717) is 33.5 Å². The van der Waals surface area contributed by atoms with E-state index >= 15 is 0 Å². The number of hydrogen-bond donors (Lipinski definition) is 2. The summed E-state index contributed by atoms with van der Waals surface area (Å²) < 4.78 is 41.6. The third-order valence-electron chi connectivity index (χ3n) is 6.02. The standard InChI is InChI=1S/C22H21Cl2F3N4O2/c1-31(21(33)12-7-18(32)29-9-12)20(22(25,26)27)17-5-3-13(10-28-17)30-14-6-11-2-4-16(23)19(24)15(11)8-14/h2-5,10,12,14,20,30H,6-9H2,1H3,(H,29,32)/t12-,14?,20-/m0/s1. The van der Waals surface area contributed by atoms with E-state index in [1.54, 1.807) is 6.07 Å². The fraction of sp³-hybridized carbons (Fsp3) is 0.409. The van der Waals surface area contributed by atoms with E-state index in [4.69, 9.17) is 23.2 Å². The molecule has 1 saturated heterocycles. The van der Waals surface area contributed by atoms with Crippen LogP contribution < -0.4 is 10.6 Å². The number of aromatic nitrogens is 1. The van der Waals surface area contributed by atoms with Crippen molar-refractivity contribution in [2.45, 2.75) is 37.5 Å². The second-order valence-electron chi connectivity index (χ2n) is 8.32. The fourth-order valence-corrected chi connectivity index (χ4v) is 4.84. The number of amides is 2. The predicted octanol–water partition coefficient (Wildman–Crippen LogP) is 4.17. The number of hydrogen-bond acceptors (Lipinski definition) is 4. The van der Waals surface area contributed by atoms with Crippen molar-refractivity contribution in [3.8, 4) is 0 Å². The molecule has 1 aliphatic carbocycles. The fourth-order valence-electron chi connectivity index (χ4n) is 4.40. The molecule has 1 unspecified atom stereocenters. The van der Waals surface area contributed by atoms with Gasteiger partial charge in [-0.1, -0.05) is 29.3 Å². The molecule has 2 aromatic rings. The van der Waals surface area contributed by atoms with Crippen LogP contribution in [0.2, 0.25) is 10.0 Å². The Hall–Kier alpha value is -2.52. The van der Waals surface area contributed by atoms with E-state index < -0.39 is 24.0 Å². The van der Waals surface area contributed by atoms with E-state index in [1.165, 1.54) is 18.3 Å². The summed E-state index contributed by atoms with van der Waals surface area (Å²) >= 11 is 12.4. The van der Waals surface area contributed by atoms with Crippen LogP contribution in [0.5, 0.6) is 0 Å². The van der Waals surface area contributed by atoms with Gasteiger partial charge in [0.1, 0.15) is 0 Å². The SMILES string of the molecule is CN(C(=O)[C@@H]1CNC(=O)C1)[C@@H](c1ccc(NC2Cc3ccc(Cl)c(Cl)c3C2)cn1)C(F)(F)F. The van der Waals surface area contributed by atoms with Gasteiger partial charge in [0, 0.05) is 26.1 Å².